The number of nitro groups is 1. The number of carbonyl (C=O) groups is 2. The average molecular weight is 417 g/mol. The number of benzene rings is 2. The van der Waals surface area contributed by atoms with E-state index in [0.29, 0.717) is 10.7 Å². The van der Waals surface area contributed by atoms with Crippen molar-refractivity contribution in [1.29, 1.82) is 0 Å². The van der Waals surface area contributed by atoms with Crippen LogP contribution < -0.4 is 5.32 Å². The number of anilines is 1. The molecule has 1 N–H and O–H groups in total. The molecular formula is C16H12Cl3N3O4. The van der Waals surface area contributed by atoms with Gasteiger partial charge in [0.25, 0.3) is 11.6 Å². The first kappa shape index (κ1) is 20.0. The molecule has 0 heterocycles. The standard InChI is InChI=1S/C16H12Cl3N3O4/c1-21(8-15(23)20-9-2-5-12(17)14(19)6-9)16(24)11-4-3-10(22(25)26)7-13(11)18/h2-7H,8H2,1H3,(H,20,23). The highest BCUT2D eigenvalue weighted by Gasteiger charge is 2.20. The molecule has 0 unspecified atom stereocenters. The molecule has 136 valence electrons. The maximum absolute atomic E-state index is 12.4. The summed E-state index contributed by atoms with van der Waals surface area (Å²) in [6.07, 6.45) is 0. The molecule has 0 atom stereocenters. The maximum Gasteiger partial charge on any atom is 0.270 e. The zero-order valence-corrected chi connectivity index (χ0v) is 15.6. The third kappa shape index (κ3) is 4.85. The molecule has 0 radical (unpaired) electrons. The van der Waals surface area contributed by atoms with Crippen molar-refractivity contribution in [2.24, 2.45) is 0 Å². The summed E-state index contributed by atoms with van der Waals surface area (Å²) in [4.78, 5) is 35.7. The normalized spacial score (nSPS) is 10.3. The number of carbonyl (C=O) groups excluding carboxylic acids is 2. The minimum atomic E-state index is -0.617. The predicted octanol–water partition coefficient (Wildman–Crippen LogP) is 4.27. The van der Waals surface area contributed by atoms with Gasteiger partial charge in [-0.05, 0) is 24.3 Å². The van der Waals surface area contributed by atoms with Crippen LogP contribution in [0.25, 0.3) is 0 Å². The summed E-state index contributed by atoms with van der Waals surface area (Å²) in [6, 6.07) is 8.08. The number of amides is 2. The van der Waals surface area contributed by atoms with Crippen molar-refractivity contribution in [1.82, 2.24) is 4.90 Å². The number of non-ortho nitro benzene ring substituents is 1. The quantitative estimate of drug-likeness (QED) is 0.582. The van der Waals surface area contributed by atoms with Crippen LogP contribution in [0.15, 0.2) is 36.4 Å². The SMILES string of the molecule is CN(CC(=O)Nc1ccc(Cl)c(Cl)c1)C(=O)c1ccc([N+](=O)[O-])cc1Cl. The van der Waals surface area contributed by atoms with Crippen LogP contribution in [0.2, 0.25) is 15.1 Å². The van der Waals surface area contributed by atoms with Gasteiger partial charge in [-0.1, -0.05) is 34.8 Å². The van der Waals surface area contributed by atoms with Gasteiger partial charge in [-0.2, -0.15) is 0 Å². The van der Waals surface area contributed by atoms with Gasteiger partial charge in [0.1, 0.15) is 0 Å². The van der Waals surface area contributed by atoms with E-state index in [2.05, 4.69) is 5.32 Å². The summed E-state index contributed by atoms with van der Waals surface area (Å²) >= 11 is 17.6. The van der Waals surface area contributed by atoms with Crippen LogP contribution in [0, 0.1) is 10.1 Å². The Morgan fingerprint density at radius 1 is 1.08 bits per heavy atom. The van der Waals surface area contributed by atoms with Gasteiger partial charge in [-0.3, -0.25) is 19.7 Å². The van der Waals surface area contributed by atoms with E-state index in [1.807, 2.05) is 0 Å². The maximum atomic E-state index is 12.4. The Bertz CT molecular complexity index is 889. The van der Waals surface area contributed by atoms with Crippen LogP contribution in [0.3, 0.4) is 0 Å². The molecule has 0 bridgehead atoms. The van der Waals surface area contributed by atoms with Gasteiger partial charge in [-0.15, -0.1) is 0 Å². The van der Waals surface area contributed by atoms with Crippen molar-refractivity contribution in [2.75, 3.05) is 18.9 Å². The van der Waals surface area contributed by atoms with Crippen LogP contribution in [0.5, 0.6) is 0 Å². The van der Waals surface area contributed by atoms with Crippen LogP contribution >= 0.6 is 34.8 Å². The van der Waals surface area contributed by atoms with Crippen molar-refractivity contribution in [3.8, 4) is 0 Å². The van der Waals surface area contributed by atoms with Crippen LogP contribution in [-0.2, 0) is 4.79 Å². The lowest BCUT2D eigenvalue weighted by Gasteiger charge is -2.17. The summed E-state index contributed by atoms with van der Waals surface area (Å²) in [7, 11) is 1.41. The van der Waals surface area contributed by atoms with Gasteiger partial charge >= 0.3 is 0 Å². The van der Waals surface area contributed by atoms with E-state index in [1.165, 1.54) is 31.3 Å². The summed E-state index contributed by atoms with van der Waals surface area (Å²) in [5, 5.41) is 13.9. The molecule has 0 aliphatic rings. The van der Waals surface area contributed by atoms with E-state index >= 15 is 0 Å². The topological polar surface area (TPSA) is 92.6 Å². The number of nitro benzene ring substituents is 1. The molecule has 0 aromatic heterocycles. The van der Waals surface area contributed by atoms with Gasteiger partial charge in [0.2, 0.25) is 5.91 Å². The van der Waals surface area contributed by atoms with Gasteiger partial charge in [0.15, 0.2) is 0 Å². The van der Waals surface area contributed by atoms with Gasteiger partial charge in [0.05, 0.1) is 32.1 Å². The molecule has 0 aliphatic heterocycles. The van der Waals surface area contributed by atoms with E-state index in [9.17, 15) is 19.7 Å². The first-order chi connectivity index (χ1) is 12.2. The first-order valence-corrected chi connectivity index (χ1v) is 8.26. The second-order valence-corrected chi connectivity index (χ2v) is 6.48. The third-order valence-electron chi connectivity index (χ3n) is 3.32. The Labute approximate surface area is 163 Å². The lowest BCUT2D eigenvalue weighted by Crippen LogP contribution is -2.35. The van der Waals surface area contributed by atoms with E-state index < -0.39 is 16.7 Å². The highest BCUT2D eigenvalue weighted by molar-refractivity contribution is 6.42. The molecule has 0 aliphatic carbocycles. The molecule has 0 fully saturated rings. The zero-order chi connectivity index (χ0) is 19.4. The average Bonchev–Trinajstić information content (AvgIpc) is 2.57. The highest BCUT2D eigenvalue weighted by atomic mass is 35.5. The van der Waals surface area contributed by atoms with E-state index in [1.54, 1.807) is 6.07 Å². The Morgan fingerprint density at radius 2 is 1.77 bits per heavy atom. The second-order valence-electron chi connectivity index (χ2n) is 5.26. The summed E-state index contributed by atoms with van der Waals surface area (Å²) in [5.41, 5.74) is 0.257. The van der Waals surface area contributed by atoms with Gasteiger partial charge in [-0.25, -0.2) is 0 Å². The van der Waals surface area contributed by atoms with Crippen LogP contribution in [0.1, 0.15) is 10.4 Å². The van der Waals surface area contributed by atoms with E-state index in [0.717, 1.165) is 11.0 Å². The molecule has 7 nitrogen and oxygen atoms in total. The highest BCUT2D eigenvalue weighted by Crippen LogP contribution is 2.25. The Morgan fingerprint density at radius 3 is 2.35 bits per heavy atom. The number of rotatable bonds is 5. The number of hydrogen-bond donors (Lipinski definition) is 1. The summed E-state index contributed by atoms with van der Waals surface area (Å²) in [6.45, 7) is -0.258. The smallest absolute Gasteiger partial charge is 0.270 e. The monoisotopic (exact) mass is 415 g/mol. The summed E-state index contributed by atoms with van der Waals surface area (Å²) < 4.78 is 0. The van der Waals surface area contributed by atoms with Gasteiger partial charge in [0, 0.05) is 24.9 Å². The summed E-state index contributed by atoms with van der Waals surface area (Å²) in [5.74, 6) is -1.01. The Balaban J connectivity index is 2.05. The molecule has 2 rings (SSSR count). The van der Waals surface area contributed by atoms with E-state index in [4.69, 9.17) is 34.8 Å². The lowest BCUT2D eigenvalue weighted by molar-refractivity contribution is -0.384. The first-order valence-electron chi connectivity index (χ1n) is 7.13. The molecule has 0 saturated heterocycles. The van der Waals surface area contributed by atoms with Crippen molar-refractivity contribution in [3.63, 3.8) is 0 Å². The number of nitrogens with one attached hydrogen (secondary N) is 1. The number of likely N-dealkylation sites (N-methyl/N-ethyl adjacent to an activating group) is 1. The van der Waals surface area contributed by atoms with Crippen LogP contribution in [-0.4, -0.2) is 35.2 Å². The molecule has 2 amide bonds. The van der Waals surface area contributed by atoms with Crippen LogP contribution in [0.4, 0.5) is 11.4 Å². The predicted molar refractivity (Wildman–Crippen MR) is 100 cm³/mol. The van der Waals surface area contributed by atoms with Crippen molar-refractivity contribution in [2.45, 2.75) is 0 Å². The van der Waals surface area contributed by atoms with Gasteiger partial charge < -0.3 is 10.2 Å². The molecule has 2 aromatic rings. The van der Waals surface area contributed by atoms with Crippen molar-refractivity contribution < 1.29 is 14.5 Å². The fraction of sp³-hybridized carbons (Fsp3) is 0.125. The largest absolute Gasteiger partial charge is 0.332 e. The number of halogens is 3. The fourth-order valence-electron chi connectivity index (χ4n) is 2.06. The van der Waals surface area contributed by atoms with Crippen molar-refractivity contribution in [3.05, 3.63) is 67.1 Å². The van der Waals surface area contributed by atoms with Crippen molar-refractivity contribution >= 4 is 58.0 Å². The molecular weight excluding hydrogens is 405 g/mol. The number of hydrogen-bond acceptors (Lipinski definition) is 4. The third-order valence-corrected chi connectivity index (χ3v) is 4.38. The minimum Gasteiger partial charge on any atom is -0.332 e. The fourth-order valence-corrected chi connectivity index (χ4v) is 2.61. The zero-order valence-electron chi connectivity index (χ0n) is 13.3. The Hall–Kier alpha value is -2.35. The molecule has 2 aromatic carbocycles. The minimum absolute atomic E-state index is 0.0575. The number of nitrogens with zero attached hydrogens (tertiary/aromatic N) is 2. The lowest BCUT2D eigenvalue weighted by atomic mass is 10.2. The van der Waals surface area contributed by atoms with E-state index in [-0.39, 0.29) is 27.8 Å². The molecule has 0 saturated carbocycles. The molecule has 26 heavy (non-hydrogen) atoms. The Kier molecular flexibility index (Phi) is 6.42. The molecule has 0 spiro atoms. The second kappa shape index (κ2) is 8.35. The molecule has 10 heteroatoms.